The van der Waals surface area contributed by atoms with E-state index >= 15 is 0 Å². The molecule has 0 radical (unpaired) electrons. The average molecular weight is 298 g/mol. The Bertz CT molecular complexity index is 412. The summed E-state index contributed by atoms with van der Waals surface area (Å²) in [6, 6.07) is 0. The molecule has 0 amide bonds. The molecule has 1 atom stereocenters. The molecule has 0 aliphatic rings. The van der Waals surface area contributed by atoms with Gasteiger partial charge in [-0.15, -0.1) is 11.3 Å². The van der Waals surface area contributed by atoms with Crippen LogP contribution in [0.5, 0.6) is 0 Å². The number of nitrogens with one attached hydrogen (secondary N) is 1. The molecule has 0 spiro atoms. The molecule has 1 aromatic rings. The lowest BCUT2D eigenvalue weighted by Crippen LogP contribution is -2.40. The number of thiazole rings is 1. The van der Waals surface area contributed by atoms with Crippen LogP contribution >= 0.6 is 11.3 Å². The van der Waals surface area contributed by atoms with E-state index in [-0.39, 0.29) is 5.54 Å². The first-order valence-electron chi connectivity index (χ1n) is 7.81. The molecule has 1 N–H and O–H groups in total. The summed E-state index contributed by atoms with van der Waals surface area (Å²) in [5.74, 6) is 0.534. The molecule has 0 fully saturated rings. The molecule has 1 unspecified atom stereocenters. The van der Waals surface area contributed by atoms with Gasteiger partial charge in [-0.3, -0.25) is 0 Å². The zero-order valence-electron chi connectivity index (χ0n) is 14.2. The molecule has 0 aliphatic carbocycles. The zero-order chi connectivity index (χ0) is 15.3. The van der Waals surface area contributed by atoms with E-state index in [9.17, 15) is 0 Å². The van der Waals surface area contributed by atoms with Crippen LogP contribution in [-0.4, -0.2) is 24.1 Å². The van der Waals surface area contributed by atoms with Crippen LogP contribution in [-0.2, 0) is 6.54 Å². The second kappa shape index (κ2) is 7.41. The minimum atomic E-state index is 0.153. The Labute approximate surface area is 128 Å². The van der Waals surface area contributed by atoms with Gasteiger partial charge in [0, 0.05) is 24.0 Å². The van der Waals surface area contributed by atoms with Gasteiger partial charge in [0.05, 0.1) is 5.69 Å². The van der Waals surface area contributed by atoms with Gasteiger partial charge in [0.1, 0.15) is 0 Å². The molecule has 0 aliphatic heterocycles. The third-order valence-corrected chi connectivity index (χ3v) is 5.54. The van der Waals surface area contributed by atoms with Crippen molar-refractivity contribution < 1.29 is 0 Å². The SMILES string of the molecule is CCNCc1sc(N(C)C(C)(C)CC)nc1C(C)CC. The Hall–Kier alpha value is -0.610. The van der Waals surface area contributed by atoms with Gasteiger partial charge in [0.25, 0.3) is 0 Å². The van der Waals surface area contributed by atoms with Crippen LogP contribution in [0.3, 0.4) is 0 Å². The molecule has 1 rings (SSSR count). The smallest absolute Gasteiger partial charge is 0.186 e. The lowest BCUT2D eigenvalue weighted by molar-refractivity contribution is 0.469. The van der Waals surface area contributed by atoms with E-state index in [0.29, 0.717) is 5.92 Å². The van der Waals surface area contributed by atoms with Crippen LogP contribution in [0.2, 0.25) is 0 Å². The molecule has 3 nitrogen and oxygen atoms in total. The maximum atomic E-state index is 4.95. The number of nitrogens with zero attached hydrogens (tertiary/aromatic N) is 2. The maximum Gasteiger partial charge on any atom is 0.186 e. The minimum absolute atomic E-state index is 0.153. The highest BCUT2D eigenvalue weighted by Gasteiger charge is 2.26. The van der Waals surface area contributed by atoms with Crippen molar-refractivity contribution in [2.24, 2.45) is 0 Å². The van der Waals surface area contributed by atoms with Crippen LogP contribution < -0.4 is 10.2 Å². The molecular formula is C16H31N3S. The van der Waals surface area contributed by atoms with Gasteiger partial charge in [0.15, 0.2) is 5.13 Å². The van der Waals surface area contributed by atoms with E-state index < -0.39 is 0 Å². The van der Waals surface area contributed by atoms with E-state index in [2.05, 4.69) is 58.8 Å². The first-order valence-corrected chi connectivity index (χ1v) is 8.63. The van der Waals surface area contributed by atoms with Gasteiger partial charge in [-0.2, -0.15) is 0 Å². The number of rotatable bonds is 8. The van der Waals surface area contributed by atoms with Crippen molar-refractivity contribution in [3.05, 3.63) is 10.6 Å². The molecular weight excluding hydrogens is 266 g/mol. The highest BCUT2D eigenvalue weighted by Crippen LogP contribution is 2.34. The third-order valence-electron chi connectivity index (χ3n) is 4.39. The van der Waals surface area contributed by atoms with Crippen molar-refractivity contribution in [3.8, 4) is 0 Å². The summed E-state index contributed by atoms with van der Waals surface area (Å²) in [6.07, 6.45) is 2.26. The molecule has 116 valence electrons. The van der Waals surface area contributed by atoms with Crippen LogP contribution in [0.15, 0.2) is 0 Å². The van der Waals surface area contributed by atoms with Gasteiger partial charge in [-0.25, -0.2) is 4.98 Å². The van der Waals surface area contributed by atoms with Crippen molar-refractivity contribution in [2.75, 3.05) is 18.5 Å². The number of anilines is 1. The fourth-order valence-electron chi connectivity index (χ4n) is 1.93. The average Bonchev–Trinajstić information content (AvgIpc) is 2.87. The Kier molecular flexibility index (Phi) is 6.46. The summed E-state index contributed by atoms with van der Waals surface area (Å²) < 4.78 is 0. The van der Waals surface area contributed by atoms with Gasteiger partial charge in [0.2, 0.25) is 0 Å². The minimum Gasteiger partial charge on any atom is -0.346 e. The third kappa shape index (κ3) is 3.95. The van der Waals surface area contributed by atoms with E-state index in [1.807, 2.05) is 11.3 Å². The molecule has 20 heavy (non-hydrogen) atoms. The number of hydrogen-bond acceptors (Lipinski definition) is 4. The predicted molar refractivity (Wildman–Crippen MR) is 91.0 cm³/mol. The normalized spacial score (nSPS) is 13.6. The fraction of sp³-hybridized carbons (Fsp3) is 0.812. The van der Waals surface area contributed by atoms with Crippen molar-refractivity contribution in [2.45, 2.75) is 72.4 Å². The van der Waals surface area contributed by atoms with Crippen LogP contribution in [0.1, 0.15) is 70.9 Å². The lowest BCUT2D eigenvalue weighted by atomic mass is 10.0. The quantitative estimate of drug-likeness (QED) is 0.771. The van der Waals surface area contributed by atoms with E-state index in [4.69, 9.17) is 4.98 Å². The van der Waals surface area contributed by atoms with E-state index in [1.54, 1.807) is 0 Å². The van der Waals surface area contributed by atoms with Crippen LogP contribution in [0.25, 0.3) is 0 Å². The van der Waals surface area contributed by atoms with Gasteiger partial charge in [-0.05, 0) is 39.2 Å². The number of aromatic nitrogens is 1. The zero-order valence-corrected chi connectivity index (χ0v) is 15.0. The number of hydrogen-bond donors (Lipinski definition) is 1. The summed E-state index contributed by atoms with van der Waals surface area (Å²) in [5.41, 5.74) is 1.44. The molecule has 1 aromatic heterocycles. The second-order valence-electron chi connectivity index (χ2n) is 6.12. The molecule has 4 heteroatoms. The monoisotopic (exact) mass is 297 g/mol. The highest BCUT2D eigenvalue weighted by atomic mass is 32.1. The van der Waals surface area contributed by atoms with Crippen molar-refractivity contribution in [1.82, 2.24) is 10.3 Å². The second-order valence-corrected chi connectivity index (χ2v) is 7.18. The topological polar surface area (TPSA) is 28.2 Å². The van der Waals surface area contributed by atoms with Gasteiger partial charge in [-0.1, -0.05) is 27.7 Å². The van der Waals surface area contributed by atoms with Crippen LogP contribution in [0.4, 0.5) is 5.13 Å². The van der Waals surface area contributed by atoms with Gasteiger partial charge < -0.3 is 10.2 Å². The Balaban J connectivity index is 3.07. The van der Waals surface area contributed by atoms with Crippen molar-refractivity contribution in [3.63, 3.8) is 0 Å². The van der Waals surface area contributed by atoms with Crippen molar-refractivity contribution >= 4 is 16.5 Å². The molecule has 0 saturated heterocycles. The predicted octanol–water partition coefficient (Wildman–Crippen LogP) is 4.39. The molecule has 0 aromatic carbocycles. The maximum absolute atomic E-state index is 4.95. The summed E-state index contributed by atoms with van der Waals surface area (Å²) in [5, 5.41) is 4.59. The summed E-state index contributed by atoms with van der Waals surface area (Å²) in [6.45, 7) is 15.4. The Morgan fingerprint density at radius 2 is 1.95 bits per heavy atom. The fourth-order valence-corrected chi connectivity index (χ4v) is 3.21. The lowest BCUT2D eigenvalue weighted by Gasteiger charge is -2.34. The summed E-state index contributed by atoms with van der Waals surface area (Å²) in [4.78, 5) is 8.68. The molecule has 0 bridgehead atoms. The highest BCUT2D eigenvalue weighted by molar-refractivity contribution is 7.15. The molecule has 0 saturated carbocycles. The first kappa shape index (κ1) is 17.4. The van der Waals surface area contributed by atoms with E-state index in [1.165, 1.54) is 10.6 Å². The van der Waals surface area contributed by atoms with Crippen LogP contribution in [0, 0.1) is 0 Å². The van der Waals surface area contributed by atoms with E-state index in [0.717, 1.165) is 31.1 Å². The largest absolute Gasteiger partial charge is 0.346 e. The first-order chi connectivity index (χ1) is 9.37. The summed E-state index contributed by atoms with van der Waals surface area (Å²) >= 11 is 1.85. The Morgan fingerprint density at radius 1 is 1.30 bits per heavy atom. The molecule has 1 heterocycles. The summed E-state index contributed by atoms with van der Waals surface area (Å²) in [7, 11) is 2.17. The standard InChI is InChI=1S/C16H31N3S/c1-8-12(4)14-13(11-17-10-3)20-15(18-14)19(7)16(5,6)9-2/h12,17H,8-11H2,1-7H3. The Morgan fingerprint density at radius 3 is 2.45 bits per heavy atom. The van der Waals surface area contributed by atoms with Crippen molar-refractivity contribution in [1.29, 1.82) is 0 Å². The van der Waals surface area contributed by atoms with Gasteiger partial charge >= 0.3 is 0 Å².